The normalized spacial score (nSPS) is 16.4. The Labute approximate surface area is 166 Å². The number of aromatic nitrogens is 2. The van der Waals surface area contributed by atoms with E-state index in [1.54, 1.807) is 6.07 Å². The third-order valence-corrected chi connectivity index (χ3v) is 5.54. The predicted molar refractivity (Wildman–Crippen MR) is 113 cm³/mol. The van der Waals surface area contributed by atoms with Gasteiger partial charge in [0.05, 0.1) is 5.52 Å². The third kappa shape index (κ3) is 4.32. The Bertz CT molecular complexity index is 1010. The Hall–Kier alpha value is -2.50. The molecule has 5 nitrogen and oxygen atoms in total. The molecule has 28 heavy (non-hydrogen) atoms. The number of aryl methyl sites for hydroxylation is 2. The summed E-state index contributed by atoms with van der Waals surface area (Å²) in [4.78, 5) is 25.3. The van der Waals surface area contributed by atoms with Gasteiger partial charge in [0.25, 0.3) is 0 Å². The minimum atomic E-state index is 0.114. The van der Waals surface area contributed by atoms with E-state index in [0.29, 0.717) is 0 Å². The first kappa shape index (κ1) is 18.8. The van der Waals surface area contributed by atoms with Crippen LogP contribution in [-0.2, 0) is 13.1 Å². The number of aromatic amines is 1. The molecular weight excluding hydrogens is 348 g/mol. The molecule has 0 saturated carbocycles. The second-order valence-corrected chi connectivity index (χ2v) is 7.93. The average molecular weight is 377 g/mol. The fraction of sp³-hybridized carbons (Fsp3) is 0.391. The maximum atomic E-state index is 12.6. The molecule has 0 unspecified atom stereocenters. The predicted octanol–water partition coefficient (Wildman–Crippen LogP) is 3.25. The Morgan fingerprint density at radius 3 is 2.57 bits per heavy atom. The summed E-state index contributed by atoms with van der Waals surface area (Å²) in [5.41, 5.74) is 5.62. The van der Waals surface area contributed by atoms with Crippen LogP contribution in [0, 0.1) is 13.8 Å². The zero-order valence-corrected chi connectivity index (χ0v) is 16.7. The van der Waals surface area contributed by atoms with Crippen LogP contribution in [0.4, 0.5) is 0 Å². The molecule has 0 atom stereocenters. The van der Waals surface area contributed by atoms with Crippen molar-refractivity contribution in [3.05, 3.63) is 75.3 Å². The summed E-state index contributed by atoms with van der Waals surface area (Å²) < 4.78 is 0. The molecule has 0 amide bonds. The van der Waals surface area contributed by atoms with E-state index in [1.165, 1.54) is 5.56 Å². The summed E-state index contributed by atoms with van der Waals surface area (Å²) in [7, 11) is 0. The molecule has 3 heterocycles. The highest BCUT2D eigenvalue weighted by atomic mass is 16.1. The van der Waals surface area contributed by atoms with E-state index in [1.807, 2.05) is 31.5 Å². The van der Waals surface area contributed by atoms with E-state index < -0.39 is 0 Å². The number of nitrogens with zero attached hydrogens (tertiary/aromatic N) is 3. The number of benzene rings is 1. The molecule has 1 aliphatic heterocycles. The van der Waals surface area contributed by atoms with E-state index in [9.17, 15) is 4.79 Å². The van der Waals surface area contributed by atoms with Crippen molar-refractivity contribution in [1.29, 1.82) is 0 Å². The maximum absolute atomic E-state index is 12.6. The second-order valence-electron chi connectivity index (χ2n) is 7.93. The van der Waals surface area contributed by atoms with E-state index >= 15 is 0 Å². The average Bonchev–Trinajstić information content (AvgIpc) is 2.89. The summed E-state index contributed by atoms with van der Waals surface area (Å²) in [6.45, 7) is 10.0. The number of nitrogens with one attached hydrogen (secondary N) is 1. The number of hydrogen-bond donors (Lipinski definition) is 1. The lowest BCUT2D eigenvalue weighted by molar-refractivity contribution is 0.245. The number of hydrogen-bond acceptors (Lipinski definition) is 4. The van der Waals surface area contributed by atoms with E-state index in [0.717, 1.165) is 73.4 Å². The topological polar surface area (TPSA) is 52.2 Å². The van der Waals surface area contributed by atoms with Crippen LogP contribution in [0.2, 0.25) is 0 Å². The molecule has 0 bridgehead atoms. The summed E-state index contributed by atoms with van der Waals surface area (Å²) in [5.74, 6) is 0. The van der Waals surface area contributed by atoms with Crippen molar-refractivity contribution < 1.29 is 0 Å². The number of fused-ring (bicyclic) bond motifs is 1. The zero-order chi connectivity index (χ0) is 19.5. The lowest BCUT2D eigenvalue weighted by Crippen LogP contribution is -2.30. The lowest BCUT2D eigenvalue weighted by Gasteiger charge is -2.22. The SMILES string of the molecule is Cc1cc(C)c2[nH]c(CN3CCCN(Cc4cccnc4)CC3)cc(=O)c2c1. The van der Waals surface area contributed by atoms with Crippen LogP contribution >= 0.6 is 0 Å². The van der Waals surface area contributed by atoms with Crippen molar-refractivity contribution in [2.75, 3.05) is 26.2 Å². The first-order valence-corrected chi connectivity index (χ1v) is 10.1. The lowest BCUT2D eigenvalue weighted by atomic mass is 10.1. The third-order valence-electron chi connectivity index (χ3n) is 5.54. The van der Waals surface area contributed by atoms with Crippen LogP contribution in [0.5, 0.6) is 0 Å². The molecule has 1 fully saturated rings. The van der Waals surface area contributed by atoms with Gasteiger partial charge in [0.1, 0.15) is 0 Å². The van der Waals surface area contributed by atoms with Crippen molar-refractivity contribution in [2.45, 2.75) is 33.4 Å². The van der Waals surface area contributed by atoms with Gasteiger partial charge >= 0.3 is 0 Å². The van der Waals surface area contributed by atoms with Crippen molar-refractivity contribution in [3.8, 4) is 0 Å². The van der Waals surface area contributed by atoms with Crippen molar-refractivity contribution >= 4 is 10.9 Å². The minimum absolute atomic E-state index is 0.114. The van der Waals surface area contributed by atoms with Gasteiger partial charge in [0, 0.05) is 55.7 Å². The van der Waals surface area contributed by atoms with Gasteiger partial charge in [-0.2, -0.15) is 0 Å². The van der Waals surface area contributed by atoms with Crippen LogP contribution in [0.25, 0.3) is 10.9 Å². The van der Waals surface area contributed by atoms with Crippen LogP contribution in [0.3, 0.4) is 0 Å². The Balaban J connectivity index is 1.45. The first-order valence-electron chi connectivity index (χ1n) is 10.1. The van der Waals surface area contributed by atoms with Gasteiger partial charge in [0.2, 0.25) is 0 Å². The van der Waals surface area contributed by atoms with E-state index in [4.69, 9.17) is 0 Å². The monoisotopic (exact) mass is 376 g/mol. The van der Waals surface area contributed by atoms with Gasteiger partial charge in [0.15, 0.2) is 5.43 Å². The molecule has 146 valence electrons. The molecular formula is C23H28N4O. The molecule has 5 heteroatoms. The molecule has 2 aromatic heterocycles. The summed E-state index contributed by atoms with van der Waals surface area (Å²) in [6, 6.07) is 10.0. The summed E-state index contributed by atoms with van der Waals surface area (Å²) in [6.07, 6.45) is 4.91. The van der Waals surface area contributed by atoms with Gasteiger partial charge in [-0.15, -0.1) is 0 Å². The van der Waals surface area contributed by atoms with E-state index in [-0.39, 0.29) is 5.43 Å². The van der Waals surface area contributed by atoms with Crippen LogP contribution < -0.4 is 5.43 Å². The zero-order valence-electron chi connectivity index (χ0n) is 16.7. The second kappa shape index (κ2) is 8.25. The van der Waals surface area contributed by atoms with Gasteiger partial charge in [-0.3, -0.25) is 19.6 Å². The molecule has 0 radical (unpaired) electrons. The summed E-state index contributed by atoms with van der Waals surface area (Å²) in [5, 5.41) is 0.791. The molecule has 1 N–H and O–H groups in total. The number of H-pyrrole nitrogens is 1. The van der Waals surface area contributed by atoms with Crippen molar-refractivity contribution in [3.63, 3.8) is 0 Å². The molecule has 3 aromatic rings. The van der Waals surface area contributed by atoms with Crippen LogP contribution in [0.15, 0.2) is 47.5 Å². The van der Waals surface area contributed by atoms with Crippen molar-refractivity contribution in [1.82, 2.24) is 19.8 Å². The molecule has 1 aliphatic rings. The smallest absolute Gasteiger partial charge is 0.189 e. The molecule has 4 rings (SSSR count). The highest BCUT2D eigenvalue weighted by Gasteiger charge is 2.16. The number of pyridine rings is 2. The standard InChI is InChI=1S/C23H28N4O/c1-17-11-18(2)23-21(12-17)22(28)13-20(25-23)16-27-8-4-7-26(9-10-27)15-19-5-3-6-24-14-19/h3,5-6,11-14H,4,7-10,15-16H2,1-2H3,(H,25,28). The largest absolute Gasteiger partial charge is 0.357 e. The highest BCUT2D eigenvalue weighted by Crippen LogP contribution is 2.17. The summed E-state index contributed by atoms with van der Waals surface area (Å²) >= 11 is 0. The molecule has 0 spiro atoms. The fourth-order valence-electron chi connectivity index (χ4n) is 4.18. The Morgan fingerprint density at radius 1 is 1.04 bits per heavy atom. The minimum Gasteiger partial charge on any atom is -0.357 e. The van der Waals surface area contributed by atoms with E-state index in [2.05, 4.69) is 38.8 Å². The maximum Gasteiger partial charge on any atom is 0.189 e. The van der Waals surface area contributed by atoms with Crippen LogP contribution in [0.1, 0.15) is 28.8 Å². The molecule has 1 aromatic carbocycles. The number of rotatable bonds is 4. The van der Waals surface area contributed by atoms with Crippen molar-refractivity contribution in [2.24, 2.45) is 0 Å². The van der Waals surface area contributed by atoms with Gasteiger partial charge in [-0.25, -0.2) is 0 Å². The Kier molecular flexibility index (Phi) is 5.55. The van der Waals surface area contributed by atoms with Crippen LogP contribution in [-0.4, -0.2) is 45.9 Å². The fourth-order valence-corrected chi connectivity index (χ4v) is 4.18. The quantitative estimate of drug-likeness (QED) is 0.759. The Morgan fingerprint density at radius 2 is 1.82 bits per heavy atom. The first-order chi connectivity index (χ1) is 13.6. The highest BCUT2D eigenvalue weighted by molar-refractivity contribution is 5.82. The molecule has 1 saturated heterocycles. The van der Waals surface area contributed by atoms with Gasteiger partial charge in [-0.05, 0) is 62.2 Å². The molecule has 0 aliphatic carbocycles. The van der Waals surface area contributed by atoms with Gasteiger partial charge in [-0.1, -0.05) is 12.1 Å². The van der Waals surface area contributed by atoms with Gasteiger partial charge < -0.3 is 4.98 Å².